The highest BCUT2D eigenvalue weighted by Gasteiger charge is 2.46. The van der Waals surface area contributed by atoms with E-state index >= 15 is 0 Å². The summed E-state index contributed by atoms with van der Waals surface area (Å²) < 4.78 is 1.78. The van der Waals surface area contributed by atoms with Crippen molar-refractivity contribution >= 4 is 28.4 Å². The minimum absolute atomic E-state index is 0.198. The largest absolute Gasteiger partial charge is 0.350 e. The van der Waals surface area contributed by atoms with Crippen LogP contribution in [0.5, 0.6) is 0 Å². The molecule has 0 radical (unpaired) electrons. The summed E-state index contributed by atoms with van der Waals surface area (Å²) in [6.45, 7) is 5.84. The number of amides is 2. The monoisotopic (exact) mass is 452 g/mol. The average Bonchev–Trinajstić information content (AvgIpc) is 3.21. The first-order chi connectivity index (χ1) is 16.3. The summed E-state index contributed by atoms with van der Waals surface area (Å²) in [6, 6.07) is 26.0. The van der Waals surface area contributed by atoms with Gasteiger partial charge in [-0.3, -0.25) is 19.2 Å². The van der Waals surface area contributed by atoms with Crippen molar-refractivity contribution in [2.24, 2.45) is 0 Å². The van der Waals surface area contributed by atoms with Gasteiger partial charge in [-0.2, -0.15) is 5.10 Å². The van der Waals surface area contributed by atoms with Crippen LogP contribution in [-0.4, -0.2) is 33.2 Å². The van der Waals surface area contributed by atoms with E-state index in [1.165, 1.54) is 0 Å². The van der Waals surface area contributed by atoms with Gasteiger partial charge in [0.15, 0.2) is 0 Å². The van der Waals surface area contributed by atoms with Crippen molar-refractivity contribution in [1.29, 1.82) is 0 Å². The average molecular weight is 453 g/mol. The molecule has 1 aliphatic heterocycles. The number of carbonyl (C=O) groups excluding carboxylic acids is 2. The van der Waals surface area contributed by atoms with E-state index in [1.54, 1.807) is 9.58 Å². The number of anilines is 1. The lowest BCUT2D eigenvalue weighted by Crippen LogP contribution is -2.60. The highest BCUT2D eigenvalue weighted by molar-refractivity contribution is 6.16. The van der Waals surface area contributed by atoms with Crippen LogP contribution in [0.2, 0.25) is 0 Å². The summed E-state index contributed by atoms with van der Waals surface area (Å²) in [5.74, 6) is -0.422. The lowest BCUT2D eigenvalue weighted by molar-refractivity contribution is -0.125. The first-order valence-corrected chi connectivity index (χ1v) is 11.6. The molecule has 0 aliphatic carbocycles. The molecule has 0 saturated heterocycles. The number of hydrogen-bond acceptors (Lipinski definition) is 3. The Bertz CT molecular complexity index is 1340. The third-order valence-corrected chi connectivity index (χ3v) is 6.07. The van der Waals surface area contributed by atoms with Gasteiger partial charge < -0.3 is 5.32 Å². The van der Waals surface area contributed by atoms with Crippen LogP contribution in [-0.2, 0) is 11.2 Å². The number of fused-ring (bicyclic) bond motifs is 3. The Hall–Kier alpha value is -3.93. The Morgan fingerprint density at radius 1 is 0.912 bits per heavy atom. The maximum absolute atomic E-state index is 14.1. The number of aromatic nitrogens is 2. The van der Waals surface area contributed by atoms with E-state index in [-0.39, 0.29) is 17.9 Å². The van der Waals surface area contributed by atoms with E-state index < -0.39 is 11.6 Å². The van der Waals surface area contributed by atoms with E-state index in [9.17, 15) is 9.59 Å². The summed E-state index contributed by atoms with van der Waals surface area (Å²) in [5, 5.41) is 8.74. The third kappa shape index (κ3) is 3.96. The summed E-state index contributed by atoms with van der Waals surface area (Å²) in [4.78, 5) is 29.5. The summed E-state index contributed by atoms with van der Waals surface area (Å²) in [7, 11) is 0. The van der Waals surface area contributed by atoms with Gasteiger partial charge >= 0.3 is 0 Å². The van der Waals surface area contributed by atoms with E-state index in [1.807, 2.05) is 106 Å². The molecule has 1 aliphatic rings. The van der Waals surface area contributed by atoms with E-state index in [0.29, 0.717) is 17.8 Å². The molecule has 3 aromatic carbocycles. The molecule has 1 N–H and O–H groups in total. The first-order valence-electron chi connectivity index (χ1n) is 11.6. The summed E-state index contributed by atoms with van der Waals surface area (Å²) in [6.07, 6.45) is 0.556. The van der Waals surface area contributed by atoms with Crippen molar-refractivity contribution in [2.45, 2.75) is 44.8 Å². The fourth-order valence-corrected chi connectivity index (χ4v) is 4.71. The summed E-state index contributed by atoms with van der Waals surface area (Å²) >= 11 is 0. The van der Waals surface area contributed by atoms with Crippen LogP contribution >= 0.6 is 0 Å². The van der Waals surface area contributed by atoms with Crippen LogP contribution in [0.4, 0.5) is 5.69 Å². The minimum atomic E-state index is -0.767. The molecule has 0 fully saturated rings. The molecule has 5 rings (SSSR count). The molecule has 2 unspecified atom stereocenters. The highest BCUT2D eigenvalue weighted by atomic mass is 16.2. The Labute approximate surface area is 199 Å². The fourth-order valence-electron chi connectivity index (χ4n) is 4.71. The lowest BCUT2D eigenvalue weighted by Gasteiger charge is -2.41. The number of carbonyl (C=O) groups is 2. The molecule has 2 heterocycles. The van der Waals surface area contributed by atoms with Crippen LogP contribution in [0.3, 0.4) is 0 Å². The number of hydrogen-bond donors (Lipinski definition) is 1. The molecular weight excluding hydrogens is 424 g/mol. The predicted molar refractivity (Wildman–Crippen MR) is 134 cm³/mol. The molecule has 6 heteroatoms. The maximum atomic E-state index is 14.1. The van der Waals surface area contributed by atoms with Crippen LogP contribution in [0.25, 0.3) is 10.9 Å². The topological polar surface area (TPSA) is 67.2 Å². The normalized spacial score (nSPS) is 18.1. The standard InChI is InChI=1S/C28H28N4O2/c1-28(2,3)29-26(33)25-23(18-19-12-6-4-7-13-19)32-24(21-16-10-11-17-22(21)30-32)27(34)31(25)20-14-8-5-9-15-20/h4-17,23,25H,18H2,1-3H3,(H,29,33). The number of rotatable bonds is 4. The van der Waals surface area contributed by atoms with Gasteiger partial charge in [0.25, 0.3) is 5.91 Å². The number of nitrogens with zero attached hydrogens (tertiary/aromatic N) is 3. The molecule has 0 saturated carbocycles. The second-order valence-electron chi connectivity index (χ2n) is 9.76. The maximum Gasteiger partial charge on any atom is 0.278 e. The van der Waals surface area contributed by atoms with Crippen molar-refractivity contribution in [3.63, 3.8) is 0 Å². The van der Waals surface area contributed by atoms with Crippen molar-refractivity contribution in [3.8, 4) is 0 Å². The van der Waals surface area contributed by atoms with Crippen molar-refractivity contribution in [1.82, 2.24) is 15.1 Å². The zero-order valence-electron chi connectivity index (χ0n) is 19.6. The lowest BCUT2D eigenvalue weighted by atomic mass is 9.92. The highest BCUT2D eigenvalue weighted by Crippen LogP contribution is 2.37. The quantitative estimate of drug-likeness (QED) is 0.485. The van der Waals surface area contributed by atoms with Gasteiger partial charge in [-0.25, -0.2) is 0 Å². The Morgan fingerprint density at radius 3 is 2.21 bits per heavy atom. The van der Waals surface area contributed by atoms with Crippen LogP contribution in [0, 0.1) is 0 Å². The van der Waals surface area contributed by atoms with Crippen molar-refractivity contribution in [3.05, 3.63) is 96.2 Å². The van der Waals surface area contributed by atoms with Gasteiger partial charge in [-0.15, -0.1) is 0 Å². The van der Waals surface area contributed by atoms with Crippen molar-refractivity contribution < 1.29 is 9.59 Å². The van der Waals surface area contributed by atoms with E-state index in [2.05, 4.69) is 5.32 Å². The molecule has 4 aromatic rings. The molecular formula is C28H28N4O2. The zero-order valence-corrected chi connectivity index (χ0v) is 19.6. The predicted octanol–water partition coefficient (Wildman–Crippen LogP) is 4.76. The van der Waals surface area contributed by atoms with Gasteiger partial charge in [0, 0.05) is 16.6 Å². The van der Waals surface area contributed by atoms with Crippen LogP contribution < -0.4 is 10.2 Å². The van der Waals surface area contributed by atoms with Gasteiger partial charge in [0.1, 0.15) is 11.7 Å². The van der Waals surface area contributed by atoms with Gasteiger partial charge in [0.05, 0.1) is 11.6 Å². The Morgan fingerprint density at radius 2 is 1.53 bits per heavy atom. The smallest absolute Gasteiger partial charge is 0.278 e. The Balaban J connectivity index is 1.74. The molecule has 2 atom stereocenters. The van der Waals surface area contributed by atoms with Gasteiger partial charge in [-0.1, -0.05) is 66.7 Å². The van der Waals surface area contributed by atoms with E-state index in [4.69, 9.17) is 5.10 Å². The second-order valence-corrected chi connectivity index (χ2v) is 9.76. The Kier molecular flexibility index (Phi) is 5.44. The van der Waals surface area contributed by atoms with Gasteiger partial charge in [-0.05, 0) is 51.0 Å². The molecule has 0 spiro atoms. The molecule has 2 amide bonds. The number of benzene rings is 3. The summed E-state index contributed by atoms with van der Waals surface area (Å²) in [5.41, 5.74) is 2.58. The van der Waals surface area contributed by atoms with Crippen LogP contribution in [0.1, 0.15) is 42.9 Å². The first kappa shape index (κ1) is 21.9. The van der Waals surface area contributed by atoms with Crippen molar-refractivity contribution in [2.75, 3.05) is 4.90 Å². The minimum Gasteiger partial charge on any atom is -0.350 e. The number of para-hydroxylation sites is 1. The van der Waals surface area contributed by atoms with Crippen LogP contribution in [0.15, 0.2) is 84.9 Å². The fraction of sp³-hybridized carbons (Fsp3) is 0.250. The molecule has 6 nitrogen and oxygen atoms in total. The molecule has 1 aromatic heterocycles. The third-order valence-electron chi connectivity index (χ3n) is 6.07. The molecule has 34 heavy (non-hydrogen) atoms. The number of nitrogens with one attached hydrogen (secondary N) is 1. The van der Waals surface area contributed by atoms with Gasteiger partial charge in [0.2, 0.25) is 5.91 Å². The van der Waals surface area contributed by atoms with E-state index in [0.717, 1.165) is 16.5 Å². The SMILES string of the molecule is CC(C)(C)NC(=O)C1C(Cc2ccccc2)n2nc3ccccc3c2C(=O)N1c1ccccc1. The zero-order chi connectivity index (χ0) is 23.9. The molecule has 172 valence electrons. The second kappa shape index (κ2) is 8.45. The molecule has 0 bridgehead atoms.